The Morgan fingerprint density at radius 3 is 2.73 bits per heavy atom. The molecule has 10 nitrogen and oxygen atoms in total. The topological polar surface area (TPSA) is 129 Å². The minimum atomic E-state index is -2.94. The predicted octanol–water partition coefficient (Wildman–Crippen LogP) is 2.87. The van der Waals surface area contributed by atoms with Gasteiger partial charge in [0.1, 0.15) is 5.75 Å². The summed E-state index contributed by atoms with van der Waals surface area (Å²) in [5.41, 5.74) is 0.525. The number of aliphatic hydroxyl groups excluding tert-OH is 1. The molecule has 0 saturated carbocycles. The van der Waals surface area contributed by atoms with Crippen LogP contribution in [0.5, 0.6) is 5.75 Å². The summed E-state index contributed by atoms with van der Waals surface area (Å²) < 4.78 is 12.3. The SMILES string of the molecule is C[C@H]1[C@H]([Si](C)(C)O)[C@@H](CC(=O)N2CCC[C@H]2CO)O[C@]12C(=O)Nc1ccc(N3C(=O)COc4ccccc43)cc12. The minimum absolute atomic E-state index is 0.0157. The Morgan fingerprint density at radius 1 is 1.20 bits per heavy atom. The van der Waals surface area contributed by atoms with E-state index in [1.54, 1.807) is 34.1 Å². The van der Waals surface area contributed by atoms with E-state index >= 15 is 0 Å². The maximum atomic E-state index is 13.7. The third kappa shape index (κ3) is 4.06. The highest BCUT2D eigenvalue weighted by molar-refractivity contribution is 6.71. The molecular formula is C29H35N3O7Si. The van der Waals surface area contributed by atoms with Crippen LogP contribution in [0, 0.1) is 5.92 Å². The van der Waals surface area contributed by atoms with Crippen LogP contribution in [0.25, 0.3) is 0 Å². The number of hydrogen-bond acceptors (Lipinski definition) is 7. The molecule has 0 aromatic heterocycles. The number of fused-ring (bicyclic) bond motifs is 3. The lowest BCUT2D eigenvalue weighted by atomic mass is 9.82. The fraction of sp³-hybridized carbons (Fsp3) is 0.483. The highest BCUT2D eigenvalue weighted by Crippen LogP contribution is 2.59. The van der Waals surface area contributed by atoms with Gasteiger partial charge in [-0.25, -0.2) is 0 Å². The van der Waals surface area contributed by atoms with Crippen LogP contribution < -0.4 is 15.0 Å². The molecule has 0 aliphatic carbocycles. The summed E-state index contributed by atoms with van der Waals surface area (Å²) in [6.45, 7) is 5.91. The third-order valence-corrected chi connectivity index (χ3v) is 11.5. The maximum absolute atomic E-state index is 13.7. The van der Waals surface area contributed by atoms with Crippen LogP contribution in [-0.4, -0.2) is 72.7 Å². The van der Waals surface area contributed by atoms with Crippen LogP contribution in [0.1, 0.15) is 31.7 Å². The largest absolute Gasteiger partial charge is 0.482 e. The number of amides is 3. The van der Waals surface area contributed by atoms with Crippen molar-refractivity contribution in [3.63, 3.8) is 0 Å². The van der Waals surface area contributed by atoms with E-state index in [0.29, 0.717) is 34.9 Å². The van der Waals surface area contributed by atoms with Crippen molar-refractivity contribution in [1.82, 2.24) is 4.90 Å². The monoisotopic (exact) mass is 565 g/mol. The van der Waals surface area contributed by atoms with Crippen LogP contribution in [0.4, 0.5) is 17.1 Å². The second-order valence-electron chi connectivity index (χ2n) is 11.8. The molecule has 40 heavy (non-hydrogen) atoms. The molecule has 4 heterocycles. The molecule has 2 aromatic carbocycles. The van der Waals surface area contributed by atoms with Crippen LogP contribution in [0.15, 0.2) is 42.5 Å². The van der Waals surface area contributed by atoms with Crippen molar-refractivity contribution in [3.8, 4) is 5.75 Å². The first-order valence-electron chi connectivity index (χ1n) is 13.9. The quantitative estimate of drug-likeness (QED) is 0.476. The van der Waals surface area contributed by atoms with E-state index in [2.05, 4.69) is 5.32 Å². The van der Waals surface area contributed by atoms with Crippen molar-refractivity contribution in [2.24, 2.45) is 5.92 Å². The molecule has 2 fully saturated rings. The second kappa shape index (κ2) is 9.69. The molecule has 6 rings (SSSR count). The van der Waals surface area contributed by atoms with E-state index in [-0.39, 0.29) is 43.4 Å². The highest BCUT2D eigenvalue weighted by atomic mass is 28.4. The van der Waals surface area contributed by atoms with E-state index < -0.39 is 31.5 Å². The van der Waals surface area contributed by atoms with Gasteiger partial charge in [0.25, 0.3) is 11.8 Å². The van der Waals surface area contributed by atoms with Crippen molar-refractivity contribution >= 4 is 43.1 Å². The number of carbonyl (C=O) groups excluding carboxylic acids is 3. The first-order chi connectivity index (χ1) is 19.1. The summed E-state index contributed by atoms with van der Waals surface area (Å²) >= 11 is 0. The molecule has 2 aromatic rings. The van der Waals surface area contributed by atoms with Crippen molar-refractivity contribution in [3.05, 3.63) is 48.0 Å². The Balaban J connectivity index is 1.39. The van der Waals surface area contributed by atoms with Crippen LogP contribution in [0.3, 0.4) is 0 Å². The zero-order valence-electron chi connectivity index (χ0n) is 22.9. The van der Waals surface area contributed by atoms with Gasteiger partial charge in [0, 0.05) is 34.9 Å². The van der Waals surface area contributed by atoms with Gasteiger partial charge in [0.2, 0.25) is 5.91 Å². The zero-order valence-corrected chi connectivity index (χ0v) is 23.9. The van der Waals surface area contributed by atoms with Gasteiger partial charge in [0.15, 0.2) is 20.5 Å². The van der Waals surface area contributed by atoms with Crippen LogP contribution >= 0.6 is 0 Å². The van der Waals surface area contributed by atoms with E-state index in [9.17, 15) is 24.3 Å². The standard InChI is InChI=1S/C29H35N3O7Si/c1-17-27(40(2,3)37)24(14-25(34)31-12-6-7-19(31)15-33)39-29(17)20-13-18(10-11-21(20)30-28(29)36)32-22-8-4-5-9-23(22)38-16-26(32)35/h4-5,8-11,13,17,19,24,27,33,37H,6-7,12,14-16H2,1-3H3,(H,30,36)/t17-,19-,24+,27-,29+/m0/s1. The molecule has 11 heteroatoms. The van der Waals surface area contributed by atoms with E-state index in [4.69, 9.17) is 9.47 Å². The summed E-state index contributed by atoms with van der Waals surface area (Å²) in [6.07, 6.45) is 0.913. The van der Waals surface area contributed by atoms with E-state index in [1.807, 2.05) is 38.2 Å². The number of nitrogens with one attached hydrogen (secondary N) is 1. The third-order valence-electron chi connectivity index (χ3n) is 8.97. The van der Waals surface area contributed by atoms with Gasteiger partial charge >= 0.3 is 0 Å². The van der Waals surface area contributed by atoms with Crippen LogP contribution in [0.2, 0.25) is 18.6 Å². The van der Waals surface area contributed by atoms with Crippen molar-refractivity contribution in [1.29, 1.82) is 0 Å². The Morgan fingerprint density at radius 2 is 1.98 bits per heavy atom. The van der Waals surface area contributed by atoms with Crippen LogP contribution in [-0.2, 0) is 24.7 Å². The molecule has 3 N–H and O–H groups in total. The summed E-state index contributed by atoms with van der Waals surface area (Å²) in [6, 6.07) is 12.4. The van der Waals surface area contributed by atoms with Gasteiger partial charge in [-0.15, -0.1) is 0 Å². The van der Waals surface area contributed by atoms with Crippen molar-refractivity contribution in [2.45, 2.75) is 62.6 Å². The molecular weight excluding hydrogens is 530 g/mol. The Hall–Kier alpha value is -3.25. The van der Waals surface area contributed by atoms with E-state index in [0.717, 1.165) is 12.8 Å². The number of likely N-dealkylation sites (tertiary alicyclic amines) is 1. The van der Waals surface area contributed by atoms with Gasteiger partial charge in [-0.3, -0.25) is 19.3 Å². The highest BCUT2D eigenvalue weighted by Gasteiger charge is 2.65. The summed E-state index contributed by atoms with van der Waals surface area (Å²) in [5.74, 6) is -0.565. The first-order valence-corrected chi connectivity index (χ1v) is 16.9. The lowest BCUT2D eigenvalue weighted by Gasteiger charge is -2.33. The average molecular weight is 566 g/mol. The summed E-state index contributed by atoms with van der Waals surface area (Å²) in [4.78, 5) is 54.9. The average Bonchev–Trinajstić information content (AvgIpc) is 3.59. The lowest BCUT2D eigenvalue weighted by molar-refractivity contribution is -0.148. The van der Waals surface area contributed by atoms with E-state index in [1.165, 1.54) is 0 Å². The fourth-order valence-corrected chi connectivity index (χ4v) is 9.81. The smallest absolute Gasteiger partial charge is 0.269 e. The number of carbonyl (C=O) groups is 3. The molecule has 0 unspecified atom stereocenters. The number of para-hydroxylation sites is 2. The lowest BCUT2D eigenvalue weighted by Crippen LogP contribution is -2.44. The van der Waals surface area contributed by atoms with Gasteiger partial charge in [-0.1, -0.05) is 19.1 Å². The second-order valence-corrected chi connectivity index (χ2v) is 15.8. The Kier molecular flexibility index (Phi) is 6.53. The number of aliphatic hydroxyl groups is 1. The number of hydrogen-bond donors (Lipinski definition) is 3. The first kappa shape index (κ1) is 26.9. The minimum Gasteiger partial charge on any atom is -0.482 e. The van der Waals surface area contributed by atoms with Gasteiger partial charge in [-0.2, -0.15) is 0 Å². The number of benzene rings is 2. The normalized spacial score (nSPS) is 29.4. The van der Waals surface area contributed by atoms with Gasteiger partial charge < -0.3 is 29.6 Å². The zero-order chi connectivity index (χ0) is 28.4. The molecule has 0 radical (unpaired) electrons. The number of rotatable bonds is 5. The molecule has 5 atom stereocenters. The molecule has 0 bridgehead atoms. The molecule has 1 spiro atoms. The predicted molar refractivity (Wildman–Crippen MR) is 150 cm³/mol. The summed E-state index contributed by atoms with van der Waals surface area (Å²) in [7, 11) is -2.94. The van der Waals surface area contributed by atoms with Crippen molar-refractivity contribution in [2.75, 3.05) is 30.0 Å². The Bertz CT molecular complexity index is 1380. The molecule has 2 saturated heterocycles. The maximum Gasteiger partial charge on any atom is 0.269 e. The van der Waals surface area contributed by atoms with Gasteiger partial charge in [0.05, 0.1) is 30.9 Å². The van der Waals surface area contributed by atoms with Gasteiger partial charge in [-0.05, 0) is 56.3 Å². The molecule has 212 valence electrons. The number of ether oxygens (including phenoxy) is 2. The van der Waals surface area contributed by atoms with Crippen molar-refractivity contribution < 1.29 is 33.8 Å². The number of anilines is 3. The fourth-order valence-electron chi connectivity index (χ4n) is 7.25. The Labute approximate surface area is 234 Å². The molecule has 3 amide bonds. The molecule has 4 aliphatic rings. The molecule has 4 aliphatic heterocycles. The summed E-state index contributed by atoms with van der Waals surface area (Å²) in [5, 5.41) is 12.7. The number of nitrogens with zero attached hydrogens (tertiary/aromatic N) is 2.